The first kappa shape index (κ1) is 47.1. The standard InChI is InChI=1S/2C28H29NP.Fe/c2*1-21-13-8-10-18-25(21)30(26-19-11-9-14-22(26)2)27-20-12-17-24(27)28(29(3)4)23-15-6-5-7-16-23;/h2*5-20,28H,1-4H3;/t2*28-;/m11./s1. The van der Waals surface area contributed by atoms with E-state index in [4.69, 9.17) is 0 Å². The van der Waals surface area contributed by atoms with Gasteiger partial charge in [-0.2, -0.15) is 0 Å². The van der Waals surface area contributed by atoms with Gasteiger partial charge in [-0.05, 0) is 165 Å². The van der Waals surface area contributed by atoms with E-state index in [1.807, 2.05) is 0 Å². The normalized spacial score (nSPS) is 16.2. The zero-order valence-corrected chi connectivity index (χ0v) is 39.7. The van der Waals surface area contributed by atoms with Crippen LogP contribution < -0.4 is 21.2 Å². The van der Waals surface area contributed by atoms with Crippen molar-refractivity contribution in [1.82, 2.24) is 9.80 Å². The van der Waals surface area contributed by atoms with E-state index in [9.17, 15) is 0 Å². The minimum Gasteiger partial charge on any atom is -0.302 e. The molecule has 0 unspecified atom stereocenters. The third kappa shape index (κ3) is 10.9. The van der Waals surface area contributed by atoms with E-state index in [0.717, 1.165) is 0 Å². The third-order valence-corrected chi connectivity index (χ3v) is 17.1. The molecule has 0 aliphatic heterocycles. The van der Waals surface area contributed by atoms with Gasteiger partial charge in [0.25, 0.3) is 0 Å². The average Bonchev–Trinajstić information content (AvgIpc) is 3.92. The van der Waals surface area contributed by atoms with E-state index in [0.29, 0.717) is 0 Å². The van der Waals surface area contributed by atoms with Gasteiger partial charge in [-0.3, -0.25) is 0 Å². The smallest absolute Gasteiger partial charge is 0.0417 e. The molecule has 2 aliphatic carbocycles. The van der Waals surface area contributed by atoms with Crippen LogP contribution in [-0.4, -0.2) is 38.0 Å². The number of benzene rings is 6. The first-order valence-electron chi connectivity index (χ1n) is 20.9. The second-order valence-corrected chi connectivity index (χ2v) is 20.3. The molecule has 10 radical (unpaired) electrons. The summed E-state index contributed by atoms with van der Waals surface area (Å²) in [6, 6.07) is 57.7. The van der Waals surface area contributed by atoms with Crippen LogP contribution in [0.25, 0.3) is 0 Å². The number of aryl methyl sites for hydroxylation is 4. The van der Waals surface area contributed by atoms with E-state index in [-0.39, 0.29) is 29.2 Å². The molecule has 2 nitrogen and oxygen atoms in total. The summed E-state index contributed by atoms with van der Waals surface area (Å²) >= 11 is 0. The maximum Gasteiger partial charge on any atom is 0.0417 e. The average molecular weight is 877 g/mol. The molecular formula is C56H58FeN2P2. The second kappa shape index (κ2) is 22.3. The Bertz CT molecular complexity index is 2010. The molecule has 0 amide bonds. The van der Waals surface area contributed by atoms with Crippen LogP contribution in [0.5, 0.6) is 0 Å². The molecule has 6 aromatic carbocycles. The number of hydrogen-bond donors (Lipinski definition) is 0. The fourth-order valence-electron chi connectivity index (χ4n) is 8.54. The van der Waals surface area contributed by atoms with Gasteiger partial charge in [-0.25, -0.2) is 0 Å². The van der Waals surface area contributed by atoms with Crippen molar-refractivity contribution in [2.75, 3.05) is 28.2 Å². The third-order valence-electron chi connectivity index (χ3n) is 11.4. The van der Waals surface area contributed by atoms with E-state index in [2.05, 4.69) is 262 Å². The Balaban J connectivity index is 0.000000201. The quantitative estimate of drug-likeness (QED) is 0.0893. The Morgan fingerprint density at radius 1 is 0.344 bits per heavy atom. The SMILES string of the molecule is Cc1ccccc1P([C]1[CH][CH][CH][C]1[C@@H](c1ccccc1)N(C)C)c1ccccc1C.Cc1ccccc1P([C]1[CH][CH][CH][C]1[C@@H](c1ccccc1)N(C)C)c1ccccc1C.[Fe]. The van der Waals surface area contributed by atoms with E-state index in [1.54, 1.807) is 0 Å². The molecule has 0 aromatic heterocycles. The fraction of sp³-hybridized carbons (Fsp3) is 0.179. The molecule has 8 rings (SSSR count). The summed E-state index contributed by atoms with van der Waals surface area (Å²) < 4.78 is 0. The van der Waals surface area contributed by atoms with Crippen LogP contribution >= 0.6 is 15.8 Å². The van der Waals surface area contributed by atoms with Crippen molar-refractivity contribution in [3.05, 3.63) is 253 Å². The van der Waals surface area contributed by atoms with Gasteiger partial charge in [0, 0.05) is 52.3 Å². The van der Waals surface area contributed by atoms with Crippen molar-refractivity contribution in [3.8, 4) is 0 Å². The molecule has 0 N–H and O–H groups in total. The summed E-state index contributed by atoms with van der Waals surface area (Å²) in [6.45, 7) is 8.97. The first-order chi connectivity index (χ1) is 29.2. The molecule has 0 saturated heterocycles. The Labute approximate surface area is 382 Å². The minimum absolute atomic E-state index is 0. The van der Waals surface area contributed by atoms with E-state index >= 15 is 0 Å². The number of hydrogen-bond acceptors (Lipinski definition) is 2. The van der Waals surface area contributed by atoms with Gasteiger partial charge in [-0.15, -0.1) is 0 Å². The summed E-state index contributed by atoms with van der Waals surface area (Å²) in [4.78, 5) is 4.66. The summed E-state index contributed by atoms with van der Waals surface area (Å²) in [7, 11) is 7.42. The molecule has 310 valence electrons. The molecule has 5 heteroatoms. The molecule has 0 spiro atoms. The molecule has 6 aromatic rings. The Morgan fingerprint density at radius 3 is 0.869 bits per heavy atom. The summed E-state index contributed by atoms with van der Waals surface area (Å²) in [5.74, 6) is 2.81. The summed E-state index contributed by atoms with van der Waals surface area (Å²) in [5.41, 5.74) is 11.0. The maximum atomic E-state index is 2.35. The van der Waals surface area contributed by atoms with Gasteiger partial charge < -0.3 is 9.80 Å². The monoisotopic (exact) mass is 876 g/mol. The van der Waals surface area contributed by atoms with Gasteiger partial charge in [0.05, 0.1) is 0 Å². The van der Waals surface area contributed by atoms with Crippen LogP contribution in [0.4, 0.5) is 0 Å². The van der Waals surface area contributed by atoms with Crippen molar-refractivity contribution in [2.24, 2.45) is 0 Å². The van der Waals surface area contributed by atoms with Crippen LogP contribution in [0.15, 0.2) is 158 Å². The predicted octanol–water partition coefficient (Wildman–Crippen LogP) is 11.5. The molecule has 0 heterocycles. The van der Waals surface area contributed by atoms with E-state index in [1.165, 1.54) is 77.8 Å². The van der Waals surface area contributed by atoms with Gasteiger partial charge in [0.1, 0.15) is 0 Å². The van der Waals surface area contributed by atoms with Crippen LogP contribution in [0.1, 0.15) is 45.5 Å². The number of nitrogens with zero attached hydrogens (tertiary/aromatic N) is 2. The van der Waals surface area contributed by atoms with Crippen molar-refractivity contribution in [3.63, 3.8) is 0 Å². The van der Waals surface area contributed by atoms with Crippen LogP contribution in [0.3, 0.4) is 0 Å². The van der Waals surface area contributed by atoms with Crippen LogP contribution in [-0.2, 0) is 17.1 Å². The Kier molecular flexibility index (Phi) is 17.2. The van der Waals surface area contributed by atoms with Gasteiger partial charge in [-0.1, -0.05) is 158 Å². The van der Waals surface area contributed by atoms with Crippen LogP contribution in [0.2, 0.25) is 0 Å². The molecular weight excluding hydrogens is 818 g/mol. The Hall–Kier alpha value is -3.38. The number of rotatable bonds is 12. The van der Waals surface area contributed by atoms with Crippen molar-refractivity contribution < 1.29 is 17.1 Å². The maximum absolute atomic E-state index is 2.35. The molecule has 2 saturated carbocycles. The van der Waals surface area contributed by atoms with E-state index < -0.39 is 15.8 Å². The first-order valence-corrected chi connectivity index (χ1v) is 23.6. The molecule has 61 heavy (non-hydrogen) atoms. The van der Waals surface area contributed by atoms with Crippen molar-refractivity contribution >= 4 is 37.1 Å². The predicted molar refractivity (Wildman–Crippen MR) is 262 cm³/mol. The van der Waals surface area contributed by atoms with Crippen molar-refractivity contribution in [2.45, 2.75) is 39.8 Å². The van der Waals surface area contributed by atoms with Gasteiger partial charge >= 0.3 is 0 Å². The van der Waals surface area contributed by atoms with Crippen molar-refractivity contribution in [1.29, 1.82) is 0 Å². The topological polar surface area (TPSA) is 6.48 Å². The Morgan fingerprint density at radius 2 is 0.607 bits per heavy atom. The fourth-order valence-corrected chi connectivity index (χ4v) is 14.1. The molecule has 2 aliphatic rings. The summed E-state index contributed by atoms with van der Waals surface area (Å²) in [6.07, 6.45) is 13.8. The van der Waals surface area contributed by atoms with Gasteiger partial charge in [0.2, 0.25) is 0 Å². The minimum atomic E-state index is -0.646. The molecule has 0 bridgehead atoms. The summed E-state index contributed by atoms with van der Waals surface area (Å²) in [5, 5.41) is 5.78. The van der Waals surface area contributed by atoms with Crippen LogP contribution in [0, 0.1) is 89.4 Å². The molecule has 2 fully saturated rings. The second-order valence-electron chi connectivity index (χ2n) is 16.1. The van der Waals surface area contributed by atoms with Gasteiger partial charge in [0.15, 0.2) is 0 Å². The molecule has 2 atom stereocenters. The zero-order valence-electron chi connectivity index (χ0n) is 36.8. The largest absolute Gasteiger partial charge is 0.302 e. The zero-order chi connectivity index (χ0) is 42.2.